The van der Waals surface area contributed by atoms with Gasteiger partial charge in [0.15, 0.2) is 0 Å². The molecular weight excluding hydrogens is 356 g/mol. The van der Waals surface area contributed by atoms with Crippen LogP contribution in [0.3, 0.4) is 0 Å². The summed E-state index contributed by atoms with van der Waals surface area (Å²) in [4.78, 5) is 27.5. The predicted molar refractivity (Wildman–Crippen MR) is 108 cm³/mol. The topological polar surface area (TPSA) is 67.9 Å². The summed E-state index contributed by atoms with van der Waals surface area (Å²) in [6, 6.07) is 14.5. The molecule has 1 fully saturated rings. The van der Waals surface area contributed by atoms with E-state index in [1.807, 2.05) is 55.5 Å². The van der Waals surface area contributed by atoms with Gasteiger partial charge in [-0.1, -0.05) is 12.1 Å². The smallest absolute Gasteiger partial charge is 0.227 e. The van der Waals surface area contributed by atoms with E-state index in [2.05, 4.69) is 5.32 Å². The molecule has 1 aliphatic heterocycles. The Kier molecular flexibility index (Phi) is 6.19. The maximum absolute atomic E-state index is 12.9. The lowest BCUT2D eigenvalue weighted by Gasteiger charge is -2.41. The molecule has 2 aromatic carbocycles. The Morgan fingerprint density at radius 1 is 1.04 bits per heavy atom. The number of carbonyl (C=O) groups excluding carboxylic acids is 2. The number of hydrogen-bond donors (Lipinski definition) is 1. The Hall–Kier alpha value is -3.02. The first kappa shape index (κ1) is 19.7. The summed E-state index contributed by atoms with van der Waals surface area (Å²) in [5.41, 5.74) is 1.65. The summed E-state index contributed by atoms with van der Waals surface area (Å²) in [6.07, 6.45) is 0.856. The van der Waals surface area contributed by atoms with Gasteiger partial charge in [0.1, 0.15) is 11.5 Å². The van der Waals surface area contributed by atoms with E-state index in [1.165, 1.54) is 0 Å². The zero-order valence-corrected chi connectivity index (χ0v) is 16.5. The zero-order valence-electron chi connectivity index (χ0n) is 16.5. The molecule has 6 nitrogen and oxygen atoms in total. The highest BCUT2D eigenvalue weighted by atomic mass is 16.5. The molecule has 0 aromatic heterocycles. The van der Waals surface area contributed by atoms with Crippen molar-refractivity contribution < 1.29 is 19.1 Å². The maximum Gasteiger partial charge on any atom is 0.227 e. The van der Waals surface area contributed by atoms with Gasteiger partial charge in [-0.25, -0.2) is 0 Å². The summed E-state index contributed by atoms with van der Waals surface area (Å²) in [6.45, 7) is 2.46. The van der Waals surface area contributed by atoms with Gasteiger partial charge in [0, 0.05) is 18.7 Å². The van der Waals surface area contributed by atoms with Crippen molar-refractivity contribution in [2.75, 3.05) is 25.7 Å². The van der Waals surface area contributed by atoms with Crippen molar-refractivity contribution in [3.63, 3.8) is 0 Å². The van der Waals surface area contributed by atoms with Crippen LogP contribution in [0.4, 0.5) is 5.69 Å². The van der Waals surface area contributed by atoms with E-state index in [0.29, 0.717) is 19.4 Å². The molecule has 0 aliphatic carbocycles. The van der Waals surface area contributed by atoms with Gasteiger partial charge in [0.05, 0.1) is 26.2 Å². The standard InChI is InChI=1S/C22H26N2O4/c1-4-23-22(26)19-13-14-20(25)24(16-7-11-18(28-3)12-8-16)21(19)15-5-9-17(27-2)10-6-15/h5-12,19,21H,4,13-14H2,1-3H3,(H,23,26). The average molecular weight is 382 g/mol. The molecule has 28 heavy (non-hydrogen) atoms. The van der Waals surface area contributed by atoms with E-state index in [0.717, 1.165) is 22.7 Å². The normalized spacial score (nSPS) is 19.2. The molecule has 2 aromatic rings. The number of nitrogens with zero attached hydrogens (tertiary/aromatic N) is 1. The molecule has 1 N–H and O–H groups in total. The van der Waals surface area contributed by atoms with Crippen molar-refractivity contribution in [3.8, 4) is 11.5 Å². The maximum atomic E-state index is 12.9. The van der Waals surface area contributed by atoms with Crippen LogP contribution in [0.5, 0.6) is 11.5 Å². The van der Waals surface area contributed by atoms with Gasteiger partial charge in [0.25, 0.3) is 0 Å². The van der Waals surface area contributed by atoms with E-state index in [1.54, 1.807) is 19.1 Å². The number of rotatable bonds is 6. The zero-order chi connectivity index (χ0) is 20.1. The molecule has 1 saturated heterocycles. The largest absolute Gasteiger partial charge is 0.497 e. The van der Waals surface area contributed by atoms with Crippen LogP contribution in [0.1, 0.15) is 31.4 Å². The minimum Gasteiger partial charge on any atom is -0.497 e. The Bertz CT molecular complexity index is 817. The van der Waals surface area contributed by atoms with Gasteiger partial charge >= 0.3 is 0 Å². The third-order valence-corrected chi connectivity index (χ3v) is 5.09. The van der Waals surface area contributed by atoms with Crippen LogP contribution in [0.15, 0.2) is 48.5 Å². The molecule has 3 rings (SSSR count). The molecule has 2 unspecified atom stereocenters. The Morgan fingerprint density at radius 3 is 2.14 bits per heavy atom. The van der Waals surface area contributed by atoms with Crippen LogP contribution in [-0.2, 0) is 9.59 Å². The lowest BCUT2D eigenvalue weighted by Crippen LogP contribution is -2.48. The van der Waals surface area contributed by atoms with Crippen molar-refractivity contribution in [1.29, 1.82) is 0 Å². The number of ether oxygens (including phenoxy) is 2. The monoisotopic (exact) mass is 382 g/mol. The SMILES string of the molecule is CCNC(=O)C1CCC(=O)N(c2ccc(OC)cc2)C1c1ccc(OC)cc1. The fourth-order valence-electron chi connectivity index (χ4n) is 3.70. The number of benzene rings is 2. The lowest BCUT2D eigenvalue weighted by molar-refractivity contribution is -0.129. The fourth-order valence-corrected chi connectivity index (χ4v) is 3.70. The second-order valence-electron chi connectivity index (χ2n) is 6.72. The van der Waals surface area contributed by atoms with Gasteiger partial charge in [-0.2, -0.15) is 0 Å². The third-order valence-electron chi connectivity index (χ3n) is 5.09. The molecule has 148 valence electrons. The summed E-state index contributed by atoms with van der Waals surface area (Å²) < 4.78 is 10.5. The van der Waals surface area contributed by atoms with Gasteiger partial charge in [-0.3, -0.25) is 9.59 Å². The van der Waals surface area contributed by atoms with Gasteiger partial charge in [-0.05, 0) is 55.3 Å². The second kappa shape index (κ2) is 8.78. The van der Waals surface area contributed by atoms with Gasteiger partial charge in [-0.15, -0.1) is 0 Å². The predicted octanol–water partition coefficient (Wildman–Crippen LogP) is 3.32. The molecule has 0 spiro atoms. The first-order valence-corrected chi connectivity index (χ1v) is 9.46. The quantitative estimate of drug-likeness (QED) is 0.832. The average Bonchev–Trinajstić information content (AvgIpc) is 2.74. The van der Waals surface area contributed by atoms with Crippen LogP contribution in [0.25, 0.3) is 0 Å². The molecule has 6 heteroatoms. The number of carbonyl (C=O) groups is 2. The first-order chi connectivity index (χ1) is 13.6. The van der Waals surface area contributed by atoms with Crippen molar-refractivity contribution in [2.45, 2.75) is 25.8 Å². The van der Waals surface area contributed by atoms with E-state index < -0.39 is 0 Å². The van der Waals surface area contributed by atoms with Crippen LogP contribution in [-0.4, -0.2) is 32.6 Å². The van der Waals surface area contributed by atoms with Crippen LogP contribution in [0.2, 0.25) is 0 Å². The Morgan fingerprint density at radius 2 is 1.61 bits per heavy atom. The molecular formula is C22H26N2O4. The molecule has 0 radical (unpaired) electrons. The van der Waals surface area contributed by atoms with Crippen molar-refractivity contribution >= 4 is 17.5 Å². The van der Waals surface area contributed by atoms with Crippen molar-refractivity contribution in [1.82, 2.24) is 5.32 Å². The van der Waals surface area contributed by atoms with E-state index >= 15 is 0 Å². The number of amides is 2. The Labute approximate surface area is 165 Å². The number of nitrogens with one attached hydrogen (secondary N) is 1. The van der Waals surface area contributed by atoms with E-state index in [9.17, 15) is 9.59 Å². The minimum atomic E-state index is -0.382. The van der Waals surface area contributed by atoms with Crippen LogP contribution >= 0.6 is 0 Å². The number of piperidine rings is 1. The summed E-state index contributed by atoms with van der Waals surface area (Å²) >= 11 is 0. The first-order valence-electron chi connectivity index (χ1n) is 9.46. The molecule has 2 amide bonds. The third kappa shape index (κ3) is 3.96. The number of hydrogen-bond acceptors (Lipinski definition) is 4. The highest BCUT2D eigenvalue weighted by molar-refractivity contribution is 5.97. The summed E-state index contributed by atoms with van der Waals surface area (Å²) in [5.74, 6) is 1.10. The van der Waals surface area contributed by atoms with Crippen LogP contribution < -0.4 is 19.7 Å². The second-order valence-corrected chi connectivity index (χ2v) is 6.72. The van der Waals surface area contributed by atoms with Crippen molar-refractivity contribution in [2.24, 2.45) is 5.92 Å². The van der Waals surface area contributed by atoms with Gasteiger partial charge < -0.3 is 19.7 Å². The number of methoxy groups -OCH3 is 2. The summed E-state index contributed by atoms with van der Waals surface area (Å²) in [7, 11) is 3.21. The van der Waals surface area contributed by atoms with Crippen molar-refractivity contribution in [3.05, 3.63) is 54.1 Å². The van der Waals surface area contributed by atoms with E-state index in [-0.39, 0.29) is 23.8 Å². The fraction of sp³-hybridized carbons (Fsp3) is 0.364. The lowest BCUT2D eigenvalue weighted by atomic mass is 9.83. The molecule has 1 aliphatic rings. The van der Waals surface area contributed by atoms with E-state index in [4.69, 9.17) is 9.47 Å². The molecule has 0 saturated carbocycles. The van der Waals surface area contributed by atoms with Gasteiger partial charge in [0.2, 0.25) is 11.8 Å². The molecule has 1 heterocycles. The molecule has 0 bridgehead atoms. The minimum absolute atomic E-state index is 0.00605. The highest BCUT2D eigenvalue weighted by Crippen LogP contribution is 2.40. The Balaban J connectivity index is 2.05. The summed E-state index contributed by atoms with van der Waals surface area (Å²) in [5, 5.41) is 2.92. The van der Waals surface area contributed by atoms with Crippen LogP contribution in [0, 0.1) is 5.92 Å². The highest BCUT2D eigenvalue weighted by Gasteiger charge is 2.41. The number of anilines is 1. The molecule has 2 atom stereocenters.